The molecule has 0 radical (unpaired) electrons. The first-order chi connectivity index (χ1) is 21.8. The Hall–Kier alpha value is -5.39. The minimum atomic E-state index is -0.322. The summed E-state index contributed by atoms with van der Waals surface area (Å²) in [6, 6.07) is 45.0. The maximum absolute atomic E-state index is 5.30. The fourth-order valence-corrected chi connectivity index (χ4v) is 7.01. The fourth-order valence-electron chi connectivity index (χ4n) is 7.01. The van der Waals surface area contributed by atoms with Crippen LogP contribution in [0.3, 0.4) is 0 Å². The molecule has 2 aromatic heterocycles. The normalized spacial score (nSPS) is 18.0. The van der Waals surface area contributed by atoms with E-state index in [1.54, 1.807) is 0 Å². The number of aliphatic imine (C=N–C) groups is 1. The predicted molar refractivity (Wildman–Crippen MR) is 181 cm³/mol. The van der Waals surface area contributed by atoms with Gasteiger partial charge in [0.15, 0.2) is 0 Å². The van der Waals surface area contributed by atoms with Crippen LogP contribution in [-0.2, 0) is 6.42 Å². The van der Waals surface area contributed by atoms with Gasteiger partial charge in [-0.25, -0.2) is 0 Å². The summed E-state index contributed by atoms with van der Waals surface area (Å²) in [5.41, 5.74) is 9.49. The van der Waals surface area contributed by atoms with Crippen molar-refractivity contribution >= 4 is 44.6 Å². The number of benzene rings is 5. The van der Waals surface area contributed by atoms with Crippen molar-refractivity contribution < 1.29 is 0 Å². The zero-order chi connectivity index (χ0) is 29.0. The van der Waals surface area contributed by atoms with E-state index in [1.165, 1.54) is 44.0 Å². The van der Waals surface area contributed by atoms with Crippen molar-refractivity contribution in [3.63, 3.8) is 0 Å². The molecule has 0 bridgehead atoms. The first-order valence-electron chi connectivity index (χ1n) is 15.3. The monoisotopic (exact) mass is 568 g/mol. The number of hydrogen-bond donors (Lipinski definition) is 1. The van der Waals surface area contributed by atoms with Crippen LogP contribution < -0.4 is 5.32 Å². The molecule has 9 rings (SSSR count). The minimum absolute atomic E-state index is 0.222. The average molecular weight is 569 g/mol. The molecule has 44 heavy (non-hydrogen) atoms. The molecule has 5 nitrogen and oxygen atoms in total. The third kappa shape index (κ3) is 3.94. The van der Waals surface area contributed by atoms with Crippen LogP contribution in [0.2, 0.25) is 0 Å². The summed E-state index contributed by atoms with van der Waals surface area (Å²) in [6.45, 7) is 0. The molecule has 212 valence electrons. The van der Waals surface area contributed by atoms with Crippen LogP contribution in [-0.4, -0.2) is 15.0 Å². The number of fused-ring (bicyclic) bond motifs is 6. The van der Waals surface area contributed by atoms with Crippen molar-refractivity contribution in [2.45, 2.75) is 25.3 Å². The van der Waals surface area contributed by atoms with Crippen molar-refractivity contribution in [2.75, 3.05) is 0 Å². The van der Waals surface area contributed by atoms with Crippen LogP contribution >= 0.6 is 0 Å². The van der Waals surface area contributed by atoms with E-state index < -0.39 is 0 Å². The van der Waals surface area contributed by atoms with Gasteiger partial charge in [0, 0.05) is 39.3 Å². The van der Waals surface area contributed by atoms with Gasteiger partial charge in [0.2, 0.25) is 0 Å². The molecule has 0 amide bonds. The van der Waals surface area contributed by atoms with E-state index in [2.05, 4.69) is 148 Å². The summed E-state index contributed by atoms with van der Waals surface area (Å²) in [5, 5.41) is 12.9. The lowest BCUT2D eigenvalue weighted by atomic mass is 10.0. The molecule has 0 fully saturated rings. The molecule has 0 spiro atoms. The molecule has 1 aliphatic carbocycles. The first-order valence-corrected chi connectivity index (χ1v) is 15.3. The molecule has 3 heterocycles. The number of allylic oxidation sites excluding steroid dienone is 1. The molecule has 1 N–H and O–H groups in total. The van der Waals surface area contributed by atoms with Crippen LogP contribution in [0.5, 0.6) is 0 Å². The number of nitrogens with zero attached hydrogens (tertiary/aromatic N) is 4. The van der Waals surface area contributed by atoms with Crippen LogP contribution in [0.15, 0.2) is 138 Å². The van der Waals surface area contributed by atoms with Gasteiger partial charge >= 0.3 is 0 Å². The summed E-state index contributed by atoms with van der Waals surface area (Å²) >= 11 is 0. The van der Waals surface area contributed by atoms with Gasteiger partial charge in [-0.3, -0.25) is 5.32 Å². The Morgan fingerprint density at radius 2 is 1.41 bits per heavy atom. The Labute approximate surface area is 255 Å². The van der Waals surface area contributed by atoms with E-state index in [9.17, 15) is 0 Å². The molecule has 7 aromatic rings. The smallest absolute Gasteiger partial charge is 0.0931 e. The van der Waals surface area contributed by atoms with E-state index >= 15 is 0 Å². The molecular weight excluding hydrogens is 538 g/mol. The molecule has 1 aliphatic heterocycles. The second-order valence-corrected chi connectivity index (χ2v) is 11.5. The fraction of sp³-hybridized carbons (Fsp3) is 0.103. The van der Waals surface area contributed by atoms with Gasteiger partial charge in [-0.05, 0) is 54.3 Å². The first kappa shape index (κ1) is 25.1. The highest BCUT2D eigenvalue weighted by molar-refractivity contribution is 6.15. The van der Waals surface area contributed by atoms with E-state index in [4.69, 9.17) is 10.3 Å². The number of hydrogen-bond acceptors (Lipinski definition) is 2. The topological polar surface area (TPSA) is 48.4 Å². The second-order valence-electron chi connectivity index (χ2n) is 11.5. The van der Waals surface area contributed by atoms with E-state index in [1.807, 2.05) is 6.07 Å². The summed E-state index contributed by atoms with van der Waals surface area (Å²) < 4.78 is 4.83. The lowest BCUT2D eigenvalue weighted by Crippen LogP contribution is -2.36. The zero-order valence-electron chi connectivity index (χ0n) is 24.1. The SMILES string of the molecule is C1=Cc2c(n(C3[N-]C(c4ccccc4)=NC(c4ccccc4)N3)c3cc4c(cc23)c2ccccc2n4-c2ccccc2)CC1. The Morgan fingerprint density at radius 1 is 0.682 bits per heavy atom. The number of aromatic nitrogens is 2. The third-order valence-corrected chi connectivity index (χ3v) is 8.98. The molecule has 2 aliphatic rings. The molecule has 5 aromatic carbocycles. The predicted octanol–water partition coefficient (Wildman–Crippen LogP) is 9.28. The van der Waals surface area contributed by atoms with Crippen molar-refractivity contribution in [3.05, 3.63) is 161 Å². The van der Waals surface area contributed by atoms with Gasteiger partial charge in [-0.1, -0.05) is 115 Å². The van der Waals surface area contributed by atoms with Crippen molar-refractivity contribution in [1.82, 2.24) is 14.5 Å². The molecular formula is C39H30N5-. The summed E-state index contributed by atoms with van der Waals surface area (Å²) in [5.74, 6) is 0.768. The summed E-state index contributed by atoms with van der Waals surface area (Å²) in [4.78, 5) is 5.11. The van der Waals surface area contributed by atoms with Crippen LogP contribution in [0.1, 0.15) is 41.3 Å². The van der Waals surface area contributed by atoms with Gasteiger partial charge in [0.1, 0.15) is 0 Å². The molecule has 5 heteroatoms. The van der Waals surface area contributed by atoms with E-state index in [0.29, 0.717) is 0 Å². The lowest BCUT2D eigenvalue weighted by Gasteiger charge is -2.42. The maximum atomic E-state index is 5.30. The van der Waals surface area contributed by atoms with Gasteiger partial charge < -0.3 is 19.4 Å². The largest absolute Gasteiger partial charge is 0.445 e. The van der Waals surface area contributed by atoms with Crippen LogP contribution in [0.25, 0.3) is 49.8 Å². The lowest BCUT2D eigenvalue weighted by molar-refractivity contribution is 0.398. The molecule has 0 saturated heterocycles. The average Bonchev–Trinajstić information content (AvgIpc) is 3.60. The summed E-state index contributed by atoms with van der Waals surface area (Å²) in [7, 11) is 0. The Balaban J connectivity index is 1.30. The highest BCUT2D eigenvalue weighted by atomic mass is 15.4. The zero-order valence-corrected chi connectivity index (χ0v) is 24.1. The van der Waals surface area contributed by atoms with Crippen molar-refractivity contribution in [2.24, 2.45) is 4.99 Å². The second kappa shape index (κ2) is 10.1. The Bertz CT molecular complexity index is 2220. The van der Waals surface area contributed by atoms with Crippen molar-refractivity contribution in [3.8, 4) is 5.69 Å². The quantitative estimate of drug-likeness (QED) is 0.226. The number of amidine groups is 1. The molecule has 2 atom stereocenters. The summed E-state index contributed by atoms with van der Waals surface area (Å²) in [6.07, 6.45) is 6.04. The molecule has 0 saturated carbocycles. The van der Waals surface area contributed by atoms with Gasteiger partial charge in [-0.15, -0.1) is 0 Å². The molecule has 2 unspecified atom stereocenters. The van der Waals surface area contributed by atoms with Crippen molar-refractivity contribution in [1.29, 1.82) is 0 Å². The standard InChI is InChI=1S/C39H30N5/c1-4-14-26(15-5-1)37-40-38(27-16-6-2-7-17-27)42-39(41-37)44-34-23-13-11-21-30(34)32-24-31-29-20-10-12-22-33(29)43(35(31)25-36(32)44)28-18-8-3-9-19-28/h1-12,14-22,24-25,37,39,41H,13,23H2/q-1. The van der Waals surface area contributed by atoms with Gasteiger partial charge in [0.05, 0.1) is 22.8 Å². The van der Waals surface area contributed by atoms with Crippen LogP contribution in [0.4, 0.5) is 0 Å². The number of rotatable bonds is 4. The highest BCUT2D eigenvalue weighted by Gasteiger charge is 2.26. The van der Waals surface area contributed by atoms with Gasteiger partial charge in [-0.2, -0.15) is 0 Å². The van der Waals surface area contributed by atoms with E-state index in [-0.39, 0.29) is 12.5 Å². The number of nitrogens with one attached hydrogen (secondary N) is 1. The van der Waals surface area contributed by atoms with E-state index in [0.717, 1.165) is 35.5 Å². The van der Waals surface area contributed by atoms with Crippen LogP contribution in [0, 0.1) is 0 Å². The Kier molecular flexibility index (Phi) is 5.78. The number of para-hydroxylation sites is 2. The minimum Gasteiger partial charge on any atom is -0.445 e. The maximum Gasteiger partial charge on any atom is 0.0931 e. The Morgan fingerprint density at radius 3 is 2.23 bits per heavy atom. The third-order valence-electron chi connectivity index (χ3n) is 8.98. The highest BCUT2D eigenvalue weighted by Crippen LogP contribution is 2.42. The van der Waals surface area contributed by atoms with Gasteiger partial charge in [0.25, 0.3) is 0 Å².